The fourth-order valence-electron chi connectivity index (χ4n) is 4.25. The van der Waals surface area contributed by atoms with Gasteiger partial charge in [-0.25, -0.2) is 4.98 Å². The van der Waals surface area contributed by atoms with Gasteiger partial charge < -0.3 is 14.6 Å². The standard InChI is InChI=1S/C20H23N5O/c1-26-16-5-6-17-14(11-16)3-2-4-19(17)24-9-8-22-20(24)18-12-15-13-21-7-10-25(15)23-18/h5-6,8-9,11-12,19,21H,2-4,7,10,13H2,1H3. The molecule has 2 aliphatic rings. The quantitative estimate of drug-likeness (QED) is 0.790. The van der Waals surface area contributed by atoms with E-state index in [1.54, 1.807) is 7.11 Å². The van der Waals surface area contributed by atoms with Gasteiger partial charge in [0.05, 0.1) is 25.4 Å². The maximum Gasteiger partial charge on any atom is 0.161 e. The molecule has 1 atom stereocenters. The second-order valence-corrected chi connectivity index (χ2v) is 7.05. The van der Waals surface area contributed by atoms with Crippen molar-refractivity contribution in [1.82, 2.24) is 24.6 Å². The molecule has 0 bridgehead atoms. The number of fused-ring (bicyclic) bond motifs is 2. The molecule has 0 saturated carbocycles. The van der Waals surface area contributed by atoms with Crippen LogP contribution in [0.3, 0.4) is 0 Å². The molecule has 1 aromatic carbocycles. The van der Waals surface area contributed by atoms with E-state index in [4.69, 9.17) is 9.84 Å². The van der Waals surface area contributed by atoms with Gasteiger partial charge in [-0.05, 0) is 48.6 Å². The van der Waals surface area contributed by atoms with Crippen molar-refractivity contribution in [2.45, 2.75) is 38.4 Å². The maximum atomic E-state index is 5.41. The van der Waals surface area contributed by atoms with Crippen molar-refractivity contribution >= 4 is 0 Å². The number of aromatic nitrogens is 4. The van der Waals surface area contributed by atoms with Crippen LogP contribution in [-0.4, -0.2) is 33.0 Å². The van der Waals surface area contributed by atoms with Crippen LogP contribution in [0.5, 0.6) is 5.75 Å². The molecule has 6 heteroatoms. The fourth-order valence-corrected chi connectivity index (χ4v) is 4.25. The first-order valence-corrected chi connectivity index (χ1v) is 9.31. The van der Waals surface area contributed by atoms with Crippen LogP contribution in [0.1, 0.15) is 35.7 Å². The molecule has 3 aromatic rings. The molecule has 6 nitrogen and oxygen atoms in total. The molecule has 1 aliphatic heterocycles. The van der Waals surface area contributed by atoms with Crippen LogP contribution in [0.15, 0.2) is 36.7 Å². The first-order chi connectivity index (χ1) is 12.8. The molecule has 5 rings (SSSR count). The van der Waals surface area contributed by atoms with Crippen LogP contribution in [-0.2, 0) is 19.5 Å². The third-order valence-electron chi connectivity index (χ3n) is 5.54. The van der Waals surface area contributed by atoms with Crippen LogP contribution >= 0.6 is 0 Å². The molecule has 3 heterocycles. The highest BCUT2D eigenvalue weighted by atomic mass is 16.5. The summed E-state index contributed by atoms with van der Waals surface area (Å²) in [6.45, 7) is 2.77. The van der Waals surface area contributed by atoms with Crippen molar-refractivity contribution in [3.63, 3.8) is 0 Å². The summed E-state index contributed by atoms with van der Waals surface area (Å²) in [6, 6.07) is 8.93. The number of hydrogen-bond acceptors (Lipinski definition) is 4. The van der Waals surface area contributed by atoms with E-state index < -0.39 is 0 Å². The van der Waals surface area contributed by atoms with Crippen molar-refractivity contribution in [2.24, 2.45) is 0 Å². The Hall–Kier alpha value is -2.60. The highest BCUT2D eigenvalue weighted by Crippen LogP contribution is 2.37. The summed E-state index contributed by atoms with van der Waals surface area (Å²) < 4.78 is 9.81. The van der Waals surface area contributed by atoms with Crippen molar-refractivity contribution < 1.29 is 4.74 Å². The number of nitrogens with one attached hydrogen (secondary N) is 1. The molecule has 26 heavy (non-hydrogen) atoms. The van der Waals surface area contributed by atoms with E-state index in [9.17, 15) is 0 Å². The number of methoxy groups -OCH3 is 1. The second kappa shape index (κ2) is 6.29. The smallest absolute Gasteiger partial charge is 0.161 e. The number of rotatable bonds is 3. The van der Waals surface area contributed by atoms with Crippen LogP contribution in [0.2, 0.25) is 0 Å². The average Bonchev–Trinajstić information content (AvgIpc) is 3.33. The minimum absolute atomic E-state index is 0.305. The summed E-state index contributed by atoms with van der Waals surface area (Å²) in [5, 5.41) is 8.21. The van der Waals surface area contributed by atoms with Gasteiger partial charge in [0.25, 0.3) is 0 Å². The van der Waals surface area contributed by atoms with Gasteiger partial charge in [0, 0.05) is 25.5 Å². The van der Waals surface area contributed by atoms with Crippen molar-refractivity contribution in [3.05, 3.63) is 53.5 Å². The zero-order valence-electron chi connectivity index (χ0n) is 15.0. The zero-order chi connectivity index (χ0) is 17.5. The summed E-state index contributed by atoms with van der Waals surface area (Å²) in [5.74, 6) is 1.89. The number of imidazole rings is 1. The number of nitrogens with zero attached hydrogens (tertiary/aromatic N) is 4. The second-order valence-electron chi connectivity index (χ2n) is 7.05. The third-order valence-corrected chi connectivity index (χ3v) is 5.54. The van der Waals surface area contributed by atoms with Crippen LogP contribution < -0.4 is 10.1 Å². The van der Waals surface area contributed by atoms with Gasteiger partial charge in [-0.3, -0.25) is 4.68 Å². The van der Waals surface area contributed by atoms with Gasteiger partial charge in [-0.15, -0.1) is 0 Å². The van der Waals surface area contributed by atoms with E-state index >= 15 is 0 Å². The predicted octanol–water partition coefficient (Wildman–Crippen LogP) is 2.78. The van der Waals surface area contributed by atoms with Gasteiger partial charge in [-0.2, -0.15) is 5.10 Å². The summed E-state index contributed by atoms with van der Waals surface area (Å²) in [6.07, 6.45) is 7.39. The SMILES string of the molecule is COc1ccc2c(c1)CCCC2n1ccnc1-c1cc2n(n1)CCNC2. The topological polar surface area (TPSA) is 56.9 Å². The molecule has 0 radical (unpaired) electrons. The van der Waals surface area contributed by atoms with Crippen LogP contribution in [0, 0.1) is 0 Å². The minimum Gasteiger partial charge on any atom is -0.497 e. The molecule has 0 amide bonds. The van der Waals surface area contributed by atoms with Crippen molar-refractivity contribution in [3.8, 4) is 17.3 Å². The van der Waals surface area contributed by atoms with Gasteiger partial charge in [-0.1, -0.05) is 6.07 Å². The molecule has 0 fully saturated rings. The lowest BCUT2D eigenvalue weighted by atomic mass is 9.87. The number of benzene rings is 1. The third kappa shape index (κ3) is 2.52. The van der Waals surface area contributed by atoms with Crippen molar-refractivity contribution in [2.75, 3.05) is 13.7 Å². The van der Waals surface area contributed by atoms with E-state index in [0.717, 1.165) is 49.7 Å². The Morgan fingerprint density at radius 2 is 2.23 bits per heavy atom. The van der Waals surface area contributed by atoms with E-state index in [1.165, 1.54) is 23.2 Å². The monoisotopic (exact) mass is 349 g/mol. The maximum absolute atomic E-state index is 5.41. The summed E-state index contributed by atoms with van der Waals surface area (Å²) in [5.41, 5.74) is 4.96. The number of aryl methyl sites for hydroxylation is 1. The van der Waals surface area contributed by atoms with E-state index in [-0.39, 0.29) is 0 Å². The predicted molar refractivity (Wildman–Crippen MR) is 99.2 cm³/mol. The molecular weight excluding hydrogens is 326 g/mol. The largest absolute Gasteiger partial charge is 0.497 e. The first kappa shape index (κ1) is 15.6. The molecule has 2 aromatic heterocycles. The molecular formula is C20H23N5O. The van der Waals surface area contributed by atoms with Crippen molar-refractivity contribution in [1.29, 1.82) is 0 Å². The Morgan fingerprint density at radius 1 is 1.27 bits per heavy atom. The summed E-state index contributed by atoms with van der Waals surface area (Å²) in [7, 11) is 1.73. The molecule has 134 valence electrons. The Balaban J connectivity index is 1.55. The van der Waals surface area contributed by atoms with E-state index in [0.29, 0.717) is 6.04 Å². The lowest BCUT2D eigenvalue weighted by Gasteiger charge is -2.28. The first-order valence-electron chi connectivity index (χ1n) is 9.31. The molecule has 1 N–H and O–H groups in total. The Morgan fingerprint density at radius 3 is 3.12 bits per heavy atom. The number of hydrogen-bond donors (Lipinski definition) is 1. The van der Waals surface area contributed by atoms with Crippen LogP contribution in [0.4, 0.5) is 0 Å². The van der Waals surface area contributed by atoms with E-state index in [1.807, 2.05) is 6.20 Å². The van der Waals surface area contributed by atoms with E-state index in [2.05, 4.69) is 50.0 Å². The normalized spacial score (nSPS) is 19.0. The Kier molecular flexibility index (Phi) is 3.78. The highest BCUT2D eigenvalue weighted by molar-refractivity contribution is 5.52. The van der Waals surface area contributed by atoms with Crippen LogP contribution in [0.25, 0.3) is 11.5 Å². The highest BCUT2D eigenvalue weighted by Gasteiger charge is 2.25. The average molecular weight is 349 g/mol. The van der Waals surface area contributed by atoms with Gasteiger partial charge >= 0.3 is 0 Å². The van der Waals surface area contributed by atoms with Gasteiger partial charge in [0.1, 0.15) is 11.4 Å². The molecule has 0 spiro atoms. The Bertz CT molecular complexity index is 918. The van der Waals surface area contributed by atoms with Gasteiger partial charge in [0.15, 0.2) is 5.82 Å². The lowest BCUT2D eigenvalue weighted by molar-refractivity contribution is 0.412. The summed E-state index contributed by atoms with van der Waals surface area (Å²) >= 11 is 0. The minimum atomic E-state index is 0.305. The fraction of sp³-hybridized carbons (Fsp3) is 0.400. The number of ether oxygens (including phenoxy) is 1. The van der Waals surface area contributed by atoms with Gasteiger partial charge in [0.2, 0.25) is 0 Å². The zero-order valence-corrected chi connectivity index (χ0v) is 15.0. The Labute approximate surface area is 152 Å². The molecule has 0 saturated heterocycles. The summed E-state index contributed by atoms with van der Waals surface area (Å²) in [4.78, 5) is 4.65. The molecule has 1 aliphatic carbocycles. The molecule has 1 unspecified atom stereocenters. The lowest BCUT2D eigenvalue weighted by Crippen LogP contribution is -2.28.